The van der Waals surface area contributed by atoms with Crippen molar-refractivity contribution in [3.8, 4) is 0 Å². The van der Waals surface area contributed by atoms with Crippen LogP contribution in [0.25, 0.3) is 0 Å². The van der Waals surface area contributed by atoms with E-state index in [4.69, 9.17) is 0 Å². The Labute approximate surface area is 135 Å². The second kappa shape index (κ2) is 6.69. The van der Waals surface area contributed by atoms with Crippen molar-refractivity contribution in [3.05, 3.63) is 59.9 Å². The fourth-order valence-corrected chi connectivity index (χ4v) is 2.76. The van der Waals surface area contributed by atoms with Crippen molar-refractivity contribution in [2.24, 2.45) is 0 Å². The van der Waals surface area contributed by atoms with Crippen LogP contribution in [0, 0.1) is 12.7 Å². The maximum Gasteiger partial charge on any atom is 0.321 e. The van der Waals surface area contributed by atoms with E-state index in [0.717, 1.165) is 13.1 Å². The van der Waals surface area contributed by atoms with Gasteiger partial charge in [0.2, 0.25) is 0 Å². The van der Waals surface area contributed by atoms with Crippen LogP contribution in [0.1, 0.15) is 5.56 Å². The highest BCUT2D eigenvalue weighted by molar-refractivity contribution is 5.89. The van der Waals surface area contributed by atoms with Crippen molar-refractivity contribution in [1.82, 2.24) is 4.90 Å². The molecule has 1 fully saturated rings. The van der Waals surface area contributed by atoms with Gasteiger partial charge in [-0.25, -0.2) is 9.18 Å². The van der Waals surface area contributed by atoms with E-state index >= 15 is 0 Å². The summed E-state index contributed by atoms with van der Waals surface area (Å²) in [6.45, 7) is 4.95. The van der Waals surface area contributed by atoms with Gasteiger partial charge in [0.05, 0.1) is 0 Å². The lowest BCUT2D eigenvalue weighted by molar-refractivity contribution is 0.208. The molecule has 5 heteroatoms. The molecule has 1 aliphatic heterocycles. The summed E-state index contributed by atoms with van der Waals surface area (Å²) in [7, 11) is 0. The average Bonchev–Trinajstić information content (AvgIpc) is 2.55. The number of carbonyl (C=O) groups is 1. The zero-order chi connectivity index (χ0) is 16.2. The lowest BCUT2D eigenvalue weighted by atomic mass is 10.2. The van der Waals surface area contributed by atoms with Crippen LogP contribution in [0.4, 0.5) is 20.6 Å². The van der Waals surface area contributed by atoms with Crippen molar-refractivity contribution in [2.75, 3.05) is 36.4 Å². The van der Waals surface area contributed by atoms with E-state index in [9.17, 15) is 9.18 Å². The molecular formula is C18H20FN3O. The summed E-state index contributed by atoms with van der Waals surface area (Å²) in [6, 6.07) is 14.1. The number of anilines is 2. The maximum atomic E-state index is 13.2. The molecule has 0 atom stereocenters. The lowest BCUT2D eigenvalue weighted by Crippen LogP contribution is -2.50. The summed E-state index contributed by atoms with van der Waals surface area (Å²) in [5.41, 5.74) is 2.90. The average molecular weight is 313 g/mol. The molecule has 1 N–H and O–H groups in total. The normalized spacial score (nSPS) is 14.7. The van der Waals surface area contributed by atoms with Crippen molar-refractivity contribution in [1.29, 1.82) is 0 Å². The van der Waals surface area contributed by atoms with E-state index in [1.807, 2.05) is 6.07 Å². The van der Waals surface area contributed by atoms with Gasteiger partial charge in [-0.1, -0.05) is 18.2 Å². The largest absolute Gasteiger partial charge is 0.368 e. The van der Waals surface area contributed by atoms with Gasteiger partial charge in [0.25, 0.3) is 0 Å². The standard InChI is InChI=1S/C18H20FN3O/c1-14-4-2-7-17(12-14)21-8-10-22(11-9-21)18(23)20-16-6-3-5-15(19)13-16/h2-7,12-13H,8-11H2,1H3,(H,20,23). The molecule has 1 saturated heterocycles. The van der Waals surface area contributed by atoms with Gasteiger partial charge in [0.1, 0.15) is 5.82 Å². The topological polar surface area (TPSA) is 35.6 Å². The predicted octanol–water partition coefficient (Wildman–Crippen LogP) is 3.49. The Morgan fingerprint density at radius 1 is 1.04 bits per heavy atom. The Kier molecular flexibility index (Phi) is 4.46. The monoisotopic (exact) mass is 313 g/mol. The minimum absolute atomic E-state index is 0.181. The highest BCUT2D eigenvalue weighted by atomic mass is 19.1. The van der Waals surface area contributed by atoms with Crippen molar-refractivity contribution in [3.63, 3.8) is 0 Å². The number of urea groups is 1. The van der Waals surface area contributed by atoms with Gasteiger partial charge in [-0.3, -0.25) is 0 Å². The quantitative estimate of drug-likeness (QED) is 0.921. The zero-order valence-electron chi connectivity index (χ0n) is 13.1. The Bertz CT molecular complexity index is 696. The van der Waals surface area contributed by atoms with Crippen LogP contribution in [-0.4, -0.2) is 37.1 Å². The molecule has 0 aromatic heterocycles. The van der Waals surface area contributed by atoms with E-state index in [1.165, 1.54) is 23.4 Å². The molecule has 2 amide bonds. The van der Waals surface area contributed by atoms with Crippen LogP contribution in [0.5, 0.6) is 0 Å². The van der Waals surface area contributed by atoms with Crippen LogP contribution in [0.2, 0.25) is 0 Å². The van der Waals surface area contributed by atoms with Crippen LogP contribution in [0.3, 0.4) is 0 Å². The fraction of sp³-hybridized carbons (Fsp3) is 0.278. The molecule has 1 aliphatic rings. The second-order valence-corrected chi connectivity index (χ2v) is 5.75. The lowest BCUT2D eigenvalue weighted by Gasteiger charge is -2.36. The Balaban J connectivity index is 1.57. The molecule has 0 spiro atoms. The molecule has 23 heavy (non-hydrogen) atoms. The van der Waals surface area contributed by atoms with Gasteiger partial charge in [-0.15, -0.1) is 0 Å². The van der Waals surface area contributed by atoms with E-state index in [2.05, 4.69) is 35.3 Å². The summed E-state index contributed by atoms with van der Waals surface area (Å²) in [4.78, 5) is 16.3. The number of nitrogens with zero attached hydrogens (tertiary/aromatic N) is 2. The number of nitrogens with one attached hydrogen (secondary N) is 1. The highest BCUT2D eigenvalue weighted by Crippen LogP contribution is 2.18. The van der Waals surface area contributed by atoms with Crippen molar-refractivity contribution < 1.29 is 9.18 Å². The first kappa shape index (κ1) is 15.3. The number of halogens is 1. The summed E-state index contributed by atoms with van der Waals surface area (Å²) < 4.78 is 13.2. The molecule has 0 radical (unpaired) electrons. The van der Waals surface area contributed by atoms with Gasteiger partial charge in [0.15, 0.2) is 0 Å². The molecule has 0 bridgehead atoms. The van der Waals surface area contributed by atoms with Crippen LogP contribution >= 0.6 is 0 Å². The van der Waals surface area contributed by atoms with Crippen molar-refractivity contribution >= 4 is 17.4 Å². The molecule has 3 rings (SSSR count). The number of benzene rings is 2. The van der Waals surface area contributed by atoms with E-state index < -0.39 is 0 Å². The fourth-order valence-electron chi connectivity index (χ4n) is 2.76. The maximum absolute atomic E-state index is 13.2. The molecule has 4 nitrogen and oxygen atoms in total. The molecule has 1 heterocycles. The first-order chi connectivity index (χ1) is 11.1. The van der Waals surface area contributed by atoms with Crippen molar-refractivity contribution in [2.45, 2.75) is 6.92 Å². The van der Waals surface area contributed by atoms with Crippen LogP contribution in [0.15, 0.2) is 48.5 Å². The molecule has 0 aliphatic carbocycles. The van der Waals surface area contributed by atoms with Gasteiger partial charge >= 0.3 is 6.03 Å². The summed E-state index contributed by atoms with van der Waals surface area (Å²) in [6.07, 6.45) is 0. The highest BCUT2D eigenvalue weighted by Gasteiger charge is 2.21. The molecule has 0 unspecified atom stereocenters. The summed E-state index contributed by atoms with van der Waals surface area (Å²) in [5, 5.41) is 2.74. The number of hydrogen-bond donors (Lipinski definition) is 1. The second-order valence-electron chi connectivity index (χ2n) is 5.75. The number of aryl methyl sites for hydroxylation is 1. The predicted molar refractivity (Wildman–Crippen MR) is 90.4 cm³/mol. The van der Waals surface area contributed by atoms with Gasteiger partial charge in [0, 0.05) is 37.6 Å². The molecule has 0 saturated carbocycles. The third-order valence-corrected chi connectivity index (χ3v) is 4.01. The minimum atomic E-state index is -0.355. The summed E-state index contributed by atoms with van der Waals surface area (Å²) >= 11 is 0. The molecule has 2 aromatic carbocycles. The van der Waals surface area contributed by atoms with E-state index in [1.54, 1.807) is 17.0 Å². The van der Waals surface area contributed by atoms with Gasteiger partial charge in [-0.2, -0.15) is 0 Å². The molecule has 2 aromatic rings. The number of carbonyl (C=O) groups excluding carboxylic acids is 1. The number of rotatable bonds is 2. The first-order valence-corrected chi connectivity index (χ1v) is 7.75. The van der Waals surface area contributed by atoms with Crippen LogP contribution < -0.4 is 10.2 Å². The van der Waals surface area contributed by atoms with E-state index in [-0.39, 0.29) is 11.8 Å². The molecular weight excluding hydrogens is 293 g/mol. The number of amides is 2. The van der Waals surface area contributed by atoms with Crippen LogP contribution in [-0.2, 0) is 0 Å². The number of hydrogen-bond acceptors (Lipinski definition) is 2. The van der Waals surface area contributed by atoms with E-state index in [0.29, 0.717) is 18.8 Å². The zero-order valence-corrected chi connectivity index (χ0v) is 13.1. The summed E-state index contributed by atoms with van der Waals surface area (Å²) in [5.74, 6) is -0.355. The Morgan fingerprint density at radius 3 is 2.48 bits per heavy atom. The Hall–Kier alpha value is -2.56. The van der Waals surface area contributed by atoms with Gasteiger partial charge in [-0.05, 0) is 42.8 Å². The third-order valence-electron chi connectivity index (χ3n) is 4.01. The smallest absolute Gasteiger partial charge is 0.321 e. The third kappa shape index (κ3) is 3.80. The SMILES string of the molecule is Cc1cccc(N2CCN(C(=O)Nc3cccc(F)c3)CC2)c1. The first-order valence-electron chi connectivity index (χ1n) is 7.75. The Morgan fingerprint density at radius 2 is 1.78 bits per heavy atom. The molecule has 120 valence electrons. The number of piperazine rings is 1. The van der Waals surface area contributed by atoms with Gasteiger partial charge < -0.3 is 15.1 Å². The minimum Gasteiger partial charge on any atom is -0.368 e.